The van der Waals surface area contributed by atoms with Crippen molar-refractivity contribution >= 4 is 13.7 Å². The average Bonchev–Trinajstić information content (AvgIpc) is 3.35. The molecule has 0 rings (SSSR count). The Morgan fingerprint density at radius 2 is 0.836 bits per heavy atom. The molecule has 418 valence electrons. The smallest absolute Gasteiger partial charge is 0.387 e. The highest BCUT2D eigenvalue weighted by Crippen LogP contribution is 2.43. The molecule has 0 aromatic rings. The minimum Gasteiger partial charge on any atom is -0.387 e. The molecule has 0 aromatic carbocycles. The van der Waals surface area contributed by atoms with Gasteiger partial charge in [-0.25, -0.2) is 4.57 Å². The summed E-state index contributed by atoms with van der Waals surface area (Å²) < 4.78 is 23.7. The second kappa shape index (κ2) is 53.7. The lowest BCUT2D eigenvalue weighted by Crippen LogP contribution is -2.45. The average molecular weight is 1040 g/mol. The van der Waals surface area contributed by atoms with E-state index in [1.807, 2.05) is 27.2 Å². The van der Waals surface area contributed by atoms with Gasteiger partial charge in [0.1, 0.15) is 13.2 Å². The number of hydrogen-bond donors (Lipinski definition) is 3. The minimum atomic E-state index is -4.37. The Kier molecular flexibility index (Phi) is 51.4. The molecule has 3 atom stereocenters. The number of aliphatic hydroxyl groups is 1. The maximum Gasteiger partial charge on any atom is 0.472 e. The van der Waals surface area contributed by atoms with Crippen LogP contribution >= 0.6 is 7.82 Å². The van der Waals surface area contributed by atoms with Gasteiger partial charge < -0.3 is 19.8 Å². The maximum absolute atomic E-state index is 13.0. The third-order valence-corrected chi connectivity index (χ3v) is 13.4. The molecule has 0 aliphatic carbocycles. The number of aliphatic hydroxyl groups excluding tert-OH is 1. The number of phosphoric ester groups is 1. The monoisotopic (exact) mass is 1040 g/mol. The molecular weight excluding hydrogens is 924 g/mol. The van der Waals surface area contributed by atoms with E-state index in [-0.39, 0.29) is 19.1 Å². The van der Waals surface area contributed by atoms with Crippen LogP contribution in [0.1, 0.15) is 226 Å². The van der Waals surface area contributed by atoms with Crippen molar-refractivity contribution in [2.75, 3.05) is 40.9 Å². The molecule has 0 saturated carbocycles. The fourth-order valence-electron chi connectivity index (χ4n) is 7.82. The molecule has 1 amide bonds. The first-order chi connectivity index (χ1) is 35.5. The second-order valence-corrected chi connectivity index (χ2v) is 22.1. The number of nitrogens with zero attached hydrogens (tertiary/aromatic N) is 1. The van der Waals surface area contributed by atoms with Crippen LogP contribution < -0.4 is 5.32 Å². The summed E-state index contributed by atoms with van der Waals surface area (Å²) in [7, 11) is 1.53. The Morgan fingerprint density at radius 3 is 1.26 bits per heavy atom. The number of likely N-dealkylation sites (N-methyl/N-ethyl adjacent to an activating group) is 1. The molecule has 73 heavy (non-hydrogen) atoms. The summed E-state index contributed by atoms with van der Waals surface area (Å²) in [6.07, 6.45) is 80.1. The molecule has 0 aliphatic rings. The number of carbonyl (C=O) groups excluding carboxylic acids is 1. The maximum atomic E-state index is 13.0. The van der Waals surface area contributed by atoms with Crippen LogP contribution in [-0.4, -0.2) is 73.4 Å². The first kappa shape index (κ1) is 69.9. The summed E-state index contributed by atoms with van der Waals surface area (Å²) in [6, 6.07) is -0.882. The normalized spacial score (nSPS) is 14.8. The Morgan fingerprint density at radius 1 is 0.479 bits per heavy atom. The van der Waals surface area contributed by atoms with Crippen LogP contribution in [0.4, 0.5) is 0 Å². The number of nitrogens with one attached hydrogen (secondary N) is 1. The largest absolute Gasteiger partial charge is 0.472 e. The molecule has 8 nitrogen and oxygen atoms in total. The van der Waals surface area contributed by atoms with E-state index in [4.69, 9.17) is 9.05 Å². The summed E-state index contributed by atoms with van der Waals surface area (Å²) in [5.41, 5.74) is 0. The van der Waals surface area contributed by atoms with Crippen molar-refractivity contribution in [3.05, 3.63) is 122 Å². The third kappa shape index (κ3) is 56.5. The molecule has 0 radical (unpaired) electrons. The van der Waals surface area contributed by atoms with Crippen LogP contribution in [0.15, 0.2) is 122 Å². The molecule has 0 fully saturated rings. The van der Waals surface area contributed by atoms with Gasteiger partial charge in [0.25, 0.3) is 0 Å². The summed E-state index contributed by atoms with van der Waals surface area (Å²) in [5.74, 6) is -0.202. The molecule has 0 saturated heterocycles. The van der Waals surface area contributed by atoms with Crippen LogP contribution in [0.25, 0.3) is 0 Å². The van der Waals surface area contributed by atoms with Gasteiger partial charge in [0, 0.05) is 6.42 Å². The van der Waals surface area contributed by atoms with Crippen molar-refractivity contribution in [2.24, 2.45) is 0 Å². The Labute approximate surface area is 450 Å². The van der Waals surface area contributed by atoms with Crippen LogP contribution in [-0.2, 0) is 18.4 Å². The number of hydrogen-bond acceptors (Lipinski definition) is 5. The van der Waals surface area contributed by atoms with Crippen molar-refractivity contribution in [2.45, 2.75) is 238 Å². The number of carbonyl (C=O) groups is 1. The summed E-state index contributed by atoms with van der Waals surface area (Å²) in [4.78, 5) is 23.3. The number of phosphoric acid groups is 1. The van der Waals surface area contributed by atoms with Gasteiger partial charge in [0.15, 0.2) is 0 Å². The van der Waals surface area contributed by atoms with E-state index in [1.165, 1.54) is 109 Å². The number of allylic oxidation sites excluding steroid dienone is 19. The van der Waals surface area contributed by atoms with Crippen LogP contribution in [0.2, 0.25) is 0 Å². The molecule has 9 heteroatoms. The number of unbranched alkanes of at least 4 members (excludes halogenated alkanes) is 21. The fourth-order valence-corrected chi connectivity index (χ4v) is 8.55. The van der Waals surface area contributed by atoms with E-state index >= 15 is 0 Å². The molecule has 0 heterocycles. The molecule has 0 spiro atoms. The fraction of sp³-hybridized carbons (Fsp3) is 0.672. The zero-order valence-electron chi connectivity index (χ0n) is 47.6. The molecule has 0 bridgehead atoms. The van der Waals surface area contributed by atoms with Gasteiger partial charge in [-0.1, -0.05) is 238 Å². The van der Waals surface area contributed by atoms with Gasteiger partial charge in [-0.05, 0) is 103 Å². The van der Waals surface area contributed by atoms with Crippen LogP contribution in [0.5, 0.6) is 0 Å². The predicted octanol–water partition coefficient (Wildman–Crippen LogP) is 18.1. The Balaban J connectivity index is 4.29. The highest BCUT2D eigenvalue weighted by atomic mass is 31.2. The quantitative estimate of drug-likeness (QED) is 0.0243. The van der Waals surface area contributed by atoms with Crippen molar-refractivity contribution in [3.8, 4) is 0 Å². The van der Waals surface area contributed by atoms with Gasteiger partial charge in [-0.2, -0.15) is 0 Å². The number of quaternary nitrogens is 1. The van der Waals surface area contributed by atoms with E-state index < -0.39 is 20.0 Å². The minimum absolute atomic E-state index is 0.0460. The standard InChI is InChI=1S/C64H111N2O6P/c1-6-8-10-12-14-16-18-20-22-24-26-28-29-30-31-32-33-34-35-36-37-38-40-42-44-46-48-50-52-54-56-58-64(68)65-62(61-72-73(69,70)71-60-59-66(3,4)5)63(67)57-55-53-51-49-47-45-43-41-39-27-25-23-21-19-17-15-13-11-9-7-2/h8,10,14,16,20,22,26,28,30-31,33-34,36-37,39,41,47,49,55,57,62-63,67H,6-7,9,11-13,15,17-19,21,23-25,27,29,32,35,38,40,42-46,48,50-54,56,58-61H2,1-5H3,(H-,65,68,69,70)/p+1/b10-8-,16-14-,22-20-,28-26-,31-30-,34-33-,37-36-,41-39+,49-47+,57-55+. The molecular formula is C64H112N2O6P+. The van der Waals surface area contributed by atoms with E-state index in [0.29, 0.717) is 17.4 Å². The van der Waals surface area contributed by atoms with Crippen LogP contribution in [0, 0.1) is 0 Å². The molecule has 3 unspecified atom stereocenters. The summed E-state index contributed by atoms with van der Waals surface area (Å²) in [5, 5.41) is 13.9. The van der Waals surface area contributed by atoms with Gasteiger partial charge in [0.2, 0.25) is 5.91 Å². The molecule has 3 N–H and O–H groups in total. The van der Waals surface area contributed by atoms with Crippen molar-refractivity contribution < 1.29 is 32.9 Å². The van der Waals surface area contributed by atoms with Crippen molar-refractivity contribution in [3.63, 3.8) is 0 Å². The molecule has 0 aliphatic heterocycles. The second-order valence-electron chi connectivity index (χ2n) is 20.6. The summed E-state index contributed by atoms with van der Waals surface area (Å²) in [6.45, 7) is 4.66. The highest BCUT2D eigenvalue weighted by Gasteiger charge is 2.27. The van der Waals surface area contributed by atoms with Crippen molar-refractivity contribution in [1.29, 1.82) is 0 Å². The Hall–Kier alpha value is -3.10. The predicted molar refractivity (Wildman–Crippen MR) is 318 cm³/mol. The lowest BCUT2D eigenvalue weighted by Gasteiger charge is -2.25. The SMILES string of the molecule is CC/C=C\C/C=C\C/C=C\C/C=C\C/C=C\C/C=C\C/C=C\CCCCCCCCCCCC(=O)NC(COP(=O)(O)OCC[N+](C)(C)C)C(O)/C=C/CC/C=C/CC/C=C/CCCCCCCCCCCC. The lowest BCUT2D eigenvalue weighted by molar-refractivity contribution is -0.870. The lowest BCUT2D eigenvalue weighted by atomic mass is 10.1. The highest BCUT2D eigenvalue weighted by molar-refractivity contribution is 7.47. The zero-order valence-corrected chi connectivity index (χ0v) is 48.5. The van der Waals surface area contributed by atoms with Gasteiger partial charge >= 0.3 is 7.82 Å². The first-order valence-corrected chi connectivity index (χ1v) is 30.9. The van der Waals surface area contributed by atoms with Crippen LogP contribution in [0.3, 0.4) is 0 Å². The van der Waals surface area contributed by atoms with E-state index in [2.05, 4.69) is 129 Å². The van der Waals surface area contributed by atoms with Crippen molar-refractivity contribution in [1.82, 2.24) is 5.32 Å². The van der Waals surface area contributed by atoms with Gasteiger partial charge in [-0.15, -0.1) is 0 Å². The van der Waals surface area contributed by atoms with Gasteiger partial charge in [-0.3, -0.25) is 13.8 Å². The Bertz CT molecular complexity index is 1600. The van der Waals surface area contributed by atoms with E-state index in [9.17, 15) is 19.4 Å². The first-order valence-electron chi connectivity index (χ1n) is 29.4. The van der Waals surface area contributed by atoms with Gasteiger partial charge in [0.05, 0.1) is 39.9 Å². The third-order valence-electron chi connectivity index (χ3n) is 12.4. The zero-order chi connectivity index (χ0) is 53.5. The molecule has 0 aromatic heterocycles. The number of rotatable bonds is 52. The topological polar surface area (TPSA) is 105 Å². The summed E-state index contributed by atoms with van der Waals surface area (Å²) >= 11 is 0. The van der Waals surface area contributed by atoms with E-state index in [0.717, 1.165) is 96.3 Å². The number of amides is 1. The van der Waals surface area contributed by atoms with E-state index in [1.54, 1.807) is 6.08 Å².